The second kappa shape index (κ2) is 4.26. The molecule has 0 spiro atoms. The Bertz CT molecular complexity index is 420. The zero-order valence-electron chi connectivity index (χ0n) is 10.0. The first-order valence-electron chi connectivity index (χ1n) is 5.78. The number of hydrogen-bond acceptors (Lipinski definition) is 2. The van der Waals surface area contributed by atoms with Gasteiger partial charge in [-0.05, 0) is 30.4 Å². The SMILES string of the molecule is CC1(C)CCC(Oc2cccc(F)c2F)C1N. The van der Waals surface area contributed by atoms with E-state index in [2.05, 4.69) is 13.8 Å². The summed E-state index contributed by atoms with van der Waals surface area (Å²) in [5, 5.41) is 0. The highest BCUT2D eigenvalue weighted by Crippen LogP contribution is 2.38. The third-order valence-corrected chi connectivity index (χ3v) is 3.57. The Labute approximate surface area is 99.8 Å². The Balaban J connectivity index is 2.15. The van der Waals surface area contributed by atoms with Gasteiger partial charge in [-0.2, -0.15) is 4.39 Å². The van der Waals surface area contributed by atoms with Crippen molar-refractivity contribution in [2.24, 2.45) is 11.1 Å². The van der Waals surface area contributed by atoms with Crippen molar-refractivity contribution in [2.75, 3.05) is 0 Å². The van der Waals surface area contributed by atoms with Crippen molar-refractivity contribution in [1.82, 2.24) is 0 Å². The fourth-order valence-corrected chi connectivity index (χ4v) is 2.23. The number of hydrogen-bond donors (Lipinski definition) is 1. The summed E-state index contributed by atoms with van der Waals surface area (Å²) in [6, 6.07) is 3.77. The first-order chi connectivity index (χ1) is 7.92. The molecule has 1 aromatic carbocycles. The first-order valence-corrected chi connectivity index (χ1v) is 5.78. The first kappa shape index (κ1) is 12.3. The molecule has 0 radical (unpaired) electrons. The minimum absolute atomic E-state index is 0.0194. The van der Waals surface area contributed by atoms with Crippen LogP contribution in [-0.2, 0) is 0 Å². The summed E-state index contributed by atoms with van der Waals surface area (Å²) in [6.07, 6.45) is 1.45. The van der Waals surface area contributed by atoms with E-state index in [1.54, 1.807) is 0 Å². The van der Waals surface area contributed by atoms with Crippen LogP contribution in [0.2, 0.25) is 0 Å². The molecule has 2 unspecified atom stereocenters. The average Bonchev–Trinajstić information content (AvgIpc) is 2.52. The number of nitrogens with two attached hydrogens (primary N) is 1. The highest BCUT2D eigenvalue weighted by molar-refractivity contribution is 5.25. The Kier molecular flexibility index (Phi) is 3.08. The van der Waals surface area contributed by atoms with Crippen molar-refractivity contribution < 1.29 is 13.5 Å². The molecule has 1 saturated carbocycles. The standard InChI is InChI=1S/C13H17F2NO/c1-13(2)7-6-10(12(13)16)17-9-5-3-4-8(14)11(9)15/h3-5,10,12H,6-7,16H2,1-2H3. The summed E-state index contributed by atoms with van der Waals surface area (Å²) in [5.74, 6) is -1.89. The molecule has 2 N–H and O–H groups in total. The van der Waals surface area contributed by atoms with Crippen LogP contribution < -0.4 is 10.5 Å². The van der Waals surface area contributed by atoms with Gasteiger partial charge in [0.25, 0.3) is 0 Å². The minimum atomic E-state index is -0.940. The molecule has 4 heteroatoms. The molecule has 0 aliphatic heterocycles. The van der Waals surface area contributed by atoms with E-state index in [9.17, 15) is 8.78 Å². The van der Waals surface area contributed by atoms with E-state index in [-0.39, 0.29) is 23.3 Å². The van der Waals surface area contributed by atoms with Crippen LogP contribution in [0.1, 0.15) is 26.7 Å². The van der Waals surface area contributed by atoms with Crippen molar-refractivity contribution in [3.05, 3.63) is 29.8 Å². The third kappa shape index (κ3) is 2.27. The van der Waals surface area contributed by atoms with E-state index >= 15 is 0 Å². The van der Waals surface area contributed by atoms with Crippen molar-refractivity contribution in [2.45, 2.75) is 38.8 Å². The van der Waals surface area contributed by atoms with E-state index < -0.39 is 11.6 Å². The molecule has 0 saturated heterocycles. The van der Waals surface area contributed by atoms with Gasteiger partial charge in [-0.15, -0.1) is 0 Å². The van der Waals surface area contributed by atoms with Crippen molar-refractivity contribution in [1.29, 1.82) is 0 Å². The normalized spacial score (nSPS) is 27.1. The molecule has 0 heterocycles. The Hall–Kier alpha value is -1.16. The maximum Gasteiger partial charge on any atom is 0.200 e. The van der Waals surface area contributed by atoms with E-state index in [4.69, 9.17) is 10.5 Å². The predicted octanol–water partition coefficient (Wildman–Crippen LogP) is 2.86. The quantitative estimate of drug-likeness (QED) is 0.864. The second-order valence-electron chi connectivity index (χ2n) is 5.26. The van der Waals surface area contributed by atoms with Crippen LogP contribution in [0.15, 0.2) is 18.2 Å². The van der Waals surface area contributed by atoms with E-state index in [0.717, 1.165) is 18.9 Å². The molecule has 1 aromatic rings. The van der Waals surface area contributed by atoms with Gasteiger partial charge < -0.3 is 10.5 Å². The van der Waals surface area contributed by atoms with Crippen LogP contribution >= 0.6 is 0 Å². The zero-order chi connectivity index (χ0) is 12.6. The van der Waals surface area contributed by atoms with Crippen LogP contribution in [-0.4, -0.2) is 12.1 Å². The van der Waals surface area contributed by atoms with Gasteiger partial charge >= 0.3 is 0 Å². The van der Waals surface area contributed by atoms with Crippen LogP contribution in [0.4, 0.5) is 8.78 Å². The van der Waals surface area contributed by atoms with Gasteiger partial charge in [0, 0.05) is 6.04 Å². The van der Waals surface area contributed by atoms with Crippen LogP contribution in [0.3, 0.4) is 0 Å². The molecule has 1 aliphatic carbocycles. The van der Waals surface area contributed by atoms with Gasteiger partial charge in [0.2, 0.25) is 5.82 Å². The number of halogens is 2. The lowest BCUT2D eigenvalue weighted by Gasteiger charge is -2.27. The monoisotopic (exact) mass is 241 g/mol. The summed E-state index contributed by atoms with van der Waals surface area (Å²) in [5.41, 5.74) is 6.03. The van der Waals surface area contributed by atoms with Gasteiger partial charge in [0.15, 0.2) is 11.6 Å². The Morgan fingerprint density at radius 1 is 1.35 bits per heavy atom. The van der Waals surface area contributed by atoms with E-state index in [1.165, 1.54) is 12.1 Å². The van der Waals surface area contributed by atoms with E-state index in [1.807, 2.05) is 0 Å². The van der Waals surface area contributed by atoms with E-state index in [0.29, 0.717) is 0 Å². The number of ether oxygens (including phenoxy) is 1. The van der Waals surface area contributed by atoms with Crippen molar-refractivity contribution in [3.8, 4) is 5.75 Å². The molecule has 0 aromatic heterocycles. The van der Waals surface area contributed by atoms with Gasteiger partial charge in [0.05, 0.1) is 0 Å². The summed E-state index contributed by atoms with van der Waals surface area (Å²) < 4.78 is 31.9. The summed E-state index contributed by atoms with van der Waals surface area (Å²) >= 11 is 0. The lowest BCUT2D eigenvalue weighted by Crippen LogP contribution is -2.42. The molecule has 2 rings (SSSR count). The van der Waals surface area contributed by atoms with Gasteiger partial charge in [0.1, 0.15) is 6.10 Å². The lowest BCUT2D eigenvalue weighted by atomic mass is 9.88. The van der Waals surface area contributed by atoms with Gasteiger partial charge in [-0.3, -0.25) is 0 Å². The average molecular weight is 241 g/mol. The minimum Gasteiger partial charge on any atom is -0.486 e. The molecular formula is C13H17F2NO. The van der Waals surface area contributed by atoms with Gasteiger partial charge in [-0.1, -0.05) is 19.9 Å². The predicted molar refractivity (Wildman–Crippen MR) is 61.8 cm³/mol. The van der Waals surface area contributed by atoms with Crippen LogP contribution in [0.5, 0.6) is 5.75 Å². The summed E-state index contributed by atoms with van der Waals surface area (Å²) in [6.45, 7) is 4.12. The maximum absolute atomic E-state index is 13.4. The smallest absolute Gasteiger partial charge is 0.200 e. The van der Waals surface area contributed by atoms with Crippen molar-refractivity contribution in [3.63, 3.8) is 0 Å². The largest absolute Gasteiger partial charge is 0.486 e. The van der Waals surface area contributed by atoms with Crippen molar-refractivity contribution >= 4 is 0 Å². The second-order valence-corrected chi connectivity index (χ2v) is 5.26. The molecular weight excluding hydrogens is 224 g/mol. The molecule has 1 aliphatic rings. The maximum atomic E-state index is 13.4. The number of benzene rings is 1. The Morgan fingerprint density at radius 2 is 2.06 bits per heavy atom. The molecule has 1 fully saturated rings. The molecule has 94 valence electrons. The fraction of sp³-hybridized carbons (Fsp3) is 0.538. The molecule has 0 bridgehead atoms. The van der Waals surface area contributed by atoms with Crippen LogP contribution in [0, 0.1) is 17.0 Å². The molecule has 0 amide bonds. The molecule has 2 atom stereocenters. The highest BCUT2D eigenvalue weighted by Gasteiger charge is 2.41. The van der Waals surface area contributed by atoms with Gasteiger partial charge in [-0.25, -0.2) is 4.39 Å². The Morgan fingerprint density at radius 3 is 2.65 bits per heavy atom. The summed E-state index contributed by atoms with van der Waals surface area (Å²) in [7, 11) is 0. The van der Waals surface area contributed by atoms with Crippen LogP contribution in [0.25, 0.3) is 0 Å². The highest BCUT2D eigenvalue weighted by atomic mass is 19.2. The molecule has 17 heavy (non-hydrogen) atoms. The molecule has 2 nitrogen and oxygen atoms in total. The lowest BCUT2D eigenvalue weighted by molar-refractivity contribution is 0.157. The topological polar surface area (TPSA) is 35.2 Å². The number of rotatable bonds is 2. The fourth-order valence-electron chi connectivity index (χ4n) is 2.23. The summed E-state index contributed by atoms with van der Waals surface area (Å²) in [4.78, 5) is 0. The zero-order valence-corrected chi connectivity index (χ0v) is 10.0. The third-order valence-electron chi connectivity index (χ3n) is 3.57.